The zero-order valence-corrected chi connectivity index (χ0v) is 16.6. The minimum Gasteiger partial charge on any atom is -0.370 e. The number of hydrogen-bond donors (Lipinski definition) is 4. The van der Waals surface area contributed by atoms with Crippen LogP contribution >= 0.6 is 0 Å². The predicted octanol–water partition coefficient (Wildman–Crippen LogP) is 0.726. The third kappa shape index (κ3) is 12.2. The van der Waals surface area contributed by atoms with Crippen molar-refractivity contribution in [2.24, 2.45) is 0 Å². The predicted molar refractivity (Wildman–Crippen MR) is 101 cm³/mol. The first-order valence-corrected chi connectivity index (χ1v) is 9.34. The number of nitrogens with one attached hydrogen (secondary N) is 4. The van der Waals surface area contributed by atoms with E-state index < -0.39 is 0 Å². The molecule has 6 nitrogen and oxygen atoms in total. The first-order chi connectivity index (χ1) is 11.2. The van der Waals surface area contributed by atoms with Crippen LogP contribution < -0.4 is 21.3 Å². The van der Waals surface area contributed by atoms with Crippen molar-refractivity contribution in [1.82, 2.24) is 21.3 Å². The van der Waals surface area contributed by atoms with E-state index in [0.717, 1.165) is 52.4 Å². The Morgan fingerprint density at radius 2 is 0.792 bits per heavy atom. The van der Waals surface area contributed by atoms with Gasteiger partial charge < -0.3 is 30.7 Å². The Kier molecular flexibility index (Phi) is 9.71. The van der Waals surface area contributed by atoms with E-state index in [0.29, 0.717) is 0 Å². The van der Waals surface area contributed by atoms with Gasteiger partial charge in [0, 0.05) is 52.4 Å². The largest absolute Gasteiger partial charge is 0.370 e. The number of ether oxygens (including phenoxy) is 2. The molecule has 6 heteroatoms. The lowest BCUT2D eigenvalue weighted by Crippen LogP contribution is -2.47. The summed E-state index contributed by atoms with van der Waals surface area (Å²) in [6.07, 6.45) is 0.370. The Bertz CT molecular complexity index is 278. The van der Waals surface area contributed by atoms with Gasteiger partial charge in [0.05, 0.1) is 23.4 Å². The third-order valence-electron chi connectivity index (χ3n) is 3.49. The average molecular weight is 345 g/mol. The fraction of sp³-hybridized carbons (Fsp3) is 1.00. The highest BCUT2D eigenvalue weighted by Crippen LogP contribution is 2.11. The van der Waals surface area contributed by atoms with Gasteiger partial charge in [-0.2, -0.15) is 0 Å². The summed E-state index contributed by atoms with van der Waals surface area (Å²) in [4.78, 5) is 0. The summed E-state index contributed by atoms with van der Waals surface area (Å²) < 4.78 is 12.2. The van der Waals surface area contributed by atoms with Crippen molar-refractivity contribution in [2.75, 3.05) is 52.4 Å². The maximum atomic E-state index is 6.12. The molecule has 1 aliphatic heterocycles. The fourth-order valence-electron chi connectivity index (χ4n) is 2.72. The van der Waals surface area contributed by atoms with Crippen LogP contribution in [0.4, 0.5) is 0 Å². The topological polar surface area (TPSA) is 66.6 Å². The van der Waals surface area contributed by atoms with Gasteiger partial charge in [-0.05, 0) is 41.5 Å². The van der Waals surface area contributed by atoms with Gasteiger partial charge in [0.2, 0.25) is 0 Å². The van der Waals surface area contributed by atoms with Gasteiger partial charge in [-0.15, -0.1) is 0 Å². The standard InChI is InChI=1S/C18H40N4O2/c1-17(2,3)23-15-11-19-7-9-21-13-16(24-18(4,5)6)14-22-10-8-20-12-15/h15-16,19-22H,7-14H2,1-6H3. The molecule has 0 aliphatic carbocycles. The van der Waals surface area contributed by atoms with Gasteiger partial charge in [-0.1, -0.05) is 0 Å². The zero-order valence-electron chi connectivity index (χ0n) is 16.6. The van der Waals surface area contributed by atoms with E-state index in [9.17, 15) is 0 Å². The zero-order chi connectivity index (χ0) is 18.1. The van der Waals surface area contributed by atoms with Crippen LogP contribution in [0.5, 0.6) is 0 Å². The van der Waals surface area contributed by atoms with E-state index in [1.54, 1.807) is 0 Å². The first kappa shape index (κ1) is 21.8. The van der Waals surface area contributed by atoms with Crippen molar-refractivity contribution in [3.8, 4) is 0 Å². The highest BCUT2D eigenvalue weighted by atomic mass is 16.5. The highest BCUT2D eigenvalue weighted by Gasteiger charge is 2.20. The molecule has 0 spiro atoms. The molecule has 4 N–H and O–H groups in total. The van der Waals surface area contributed by atoms with Crippen LogP contribution in [0.25, 0.3) is 0 Å². The lowest BCUT2D eigenvalue weighted by Gasteiger charge is -2.30. The second kappa shape index (κ2) is 10.7. The number of rotatable bonds is 2. The van der Waals surface area contributed by atoms with Crippen molar-refractivity contribution >= 4 is 0 Å². The highest BCUT2D eigenvalue weighted by molar-refractivity contribution is 4.74. The molecule has 24 heavy (non-hydrogen) atoms. The minimum atomic E-state index is -0.118. The van der Waals surface area contributed by atoms with Gasteiger partial charge >= 0.3 is 0 Å². The Balaban J connectivity index is 2.43. The van der Waals surface area contributed by atoms with Gasteiger partial charge in [-0.25, -0.2) is 0 Å². The monoisotopic (exact) mass is 344 g/mol. The van der Waals surface area contributed by atoms with Crippen LogP contribution in [0.2, 0.25) is 0 Å². The van der Waals surface area contributed by atoms with Gasteiger partial charge in [-0.3, -0.25) is 0 Å². The lowest BCUT2D eigenvalue weighted by atomic mass is 10.1. The summed E-state index contributed by atoms with van der Waals surface area (Å²) in [5.74, 6) is 0. The Morgan fingerprint density at radius 1 is 0.542 bits per heavy atom. The molecule has 1 rings (SSSR count). The molecule has 1 saturated heterocycles. The first-order valence-electron chi connectivity index (χ1n) is 9.34. The van der Waals surface area contributed by atoms with Crippen molar-refractivity contribution < 1.29 is 9.47 Å². The van der Waals surface area contributed by atoms with Crippen molar-refractivity contribution in [2.45, 2.75) is 65.0 Å². The van der Waals surface area contributed by atoms with Crippen LogP contribution in [0.3, 0.4) is 0 Å². The van der Waals surface area contributed by atoms with E-state index in [1.165, 1.54) is 0 Å². The van der Waals surface area contributed by atoms with Crippen LogP contribution in [-0.2, 0) is 9.47 Å². The summed E-state index contributed by atoms with van der Waals surface area (Å²) >= 11 is 0. The molecule has 0 bridgehead atoms. The smallest absolute Gasteiger partial charge is 0.0830 e. The van der Waals surface area contributed by atoms with Crippen molar-refractivity contribution in [3.05, 3.63) is 0 Å². The van der Waals surface area contributed by atoms with Crippen LogP contribution in [-0.4, -0.2) is 75.8 Å². The molecule has 0 radical (unpaired) electrons. The van der Waals surface area contributed by atoms with Gasteiger partial charge in [0.1, 0.15) is 0 Å². The Hall–Kier alpha value is -0.240. The maximum Gasteiger partial charge on any atom is 0.0830 e. The quantitative estimate of drug-likeness (QED) is 0.592. The van der Waals surface area contributed by atoms with E-state index in [-0.39, 0.29) is 23.4 Å². The van der Waals surface area contributed by atoms with Crippen LogP contribution in [0, 0.1) is 0 Å². The summed E-state index contributed by atoms with van der Waals surface area (Å²) in [7, 11) is 0. The molecule has 1 fully saturated rings. The maximum absolute atomic E-state index is 6.12. The molecule has 0 aromatic rings. The average Bonchev–Trinajstić information content (AvgIpc) is 2.41. The normalized spacial score (nSPS) is 26.8. The van der Waals surface area contributed by atoms with E-state index >= 15 is 0 Å². The van der Waals surface area contributed by atoms with Crippen molar-refractivity contribution in [3.63, 3.8) is 0 Å². The second-order valence-corrected chi connectivity index (χ2v) is 8.52. The molecule has 0 unspecified atom stereocenters. The third-order valence-corrected chi connectivity index (χ3v) is 3.49. The van der Waals surface area contributed by atoms with Crippen LogP contribution in [0.15, 0.2) is 0 Å². The van der Waals surface area contributed by atoms with Crippen molar-refractivity contribution in [1.29, 1.82) is 0 Å². The molecular weight excluding hydrogens is 304 g/mol. The summed E-state index contributed by atoms with van der Waals surface area (Å²) in [6, 6.07) is 0. The number of hydrogen-bond acceptors (Lipinski definition) is 6. The SMILES string of the molecule is CC(C)(C)OC1CNCCNCC(OC(C)(C)C)CNCCNC1. The summed E-state index contributed by atoms with van der Waals surface area (Å²) in [5, 5.41) is 14.0. The van der Waals surface area contributed by atoms with Crippen LogP contribution in [0.1, 0.15) is 41.5 Å². The van der Waals surface area contributed by atoms with Gasteiger partial charge in [0.25, 0.3) is 0 Å². The minimum absolute atomic E-state index is 0.118. The van der Waals surface area contributed by atoms with E-state index in [2.05, 4.69) is 62.8 Å². The molecular formula is C18H40N4O2. The van der Waals surface area contributed by atoms with Gasteiger partial charge in [0.15, 0.2) is 0 Å². The summed E-state index contributed by atoms with van der Waals surface area (Å²) in [5.41, 5.74) is -0.235. The van der Waals surface area contributed by atoms with E-state index in [4.69, 9.17) is 9.47 Å². The molecule has 0 amide bonds. The molecule has 0 atom stereocenters. The Labute approximate surface area is 148 Å². The molecule has 0 aromatic heterocycles. The molecule has 1 heterocycles. The molecule has 0 aromatic carbocycles. The molecule has 0 saturated carbocycles. The van der Waals surface area contributed by atoms with E-state index in [1.807, 2.05) is 0 Å². The molecule has 1 aliphatic rings. The lowest BCUT2D eigenvalue weighted by molar-refractivity contribution is -0.0597. The molecule has 144 valence electrons. The summed E-state index contributed by atoms with van der Waals surface area (Å²) in [6.45, 7) is 19.8. The Morgan fingerprint density at radius 3 is 1.00 bits per heavy atom. The second-order valence-electron chi connectivity index (χ2n) is 8.52. The fourth-order valence-corrected chi connectivity index (χ4v) is 2.72.